The lowest BCUT2D eigenvalue weighted by Crippen LogP contribution is -2.51. The van der Waals surface area contributed by atoms with Crippen molar-refractivity contribution < 1.29 is 76.1 Å². The molecule has 4 aromatic heterocycles. The van der Waals surface area contributed by atoms with Crippen molar-refractivity contribution in [1.82, 2.24) is 39.6 Å². The molecule has 1 fully saturated rings. The molecule has 6 aromatic rings. The average molecular weight is 1300 g/mol. The number of oxazole rings is 2. The van der Waals surface area contributed by atoms with E-state index < -0.39 is 89.6 Å². The number of imidazole rings is 1. The standard InChI is InChI=1S/C61H76N12O16S2/c1-10-20-61(8,21-11-2)91-44-29-46(75)73(58(44)84)31-45(74)67-39(18-19-47(76)77)55(81)64-30-32(5)87-48(78)17-16-24-86-42-27-35(53(62)79)25-40-49(42)71(59(68-40)69-56(82)51-37(12-3)65-33(6)88-51)22-14-15-23-72-50-41(85-9)26-36(54(63)80)28-43(50)90-60(72)70-57(83)52-38(13-4)66-34(7)89-52/h14-15,25-28,32,39,44H,10-13,16-24,29-31H2,1-9H3,(H2,62,79)(H2,63,80)(H,64,81)(H,67,74)(H,76,77)(H,68,69,82)/b15-14+,70-60-/t32-,39-,44?/m0/s1. The number of thiazole rings is 1. The zero-order valence-corrected chi connectivity index (χ0v) is 53.8. The van der Waals surface area contributed by atoms with Gasteiger partial charge in [0.2, 0.25) is 52.9 Å². The number of aromatic nitrogens is 5. The molecule has 30 heteroatoms. The highest BCUT2D eigenvalue weighted by Gasteiger charge is 2.43. The number of ether oxygens (including phenoxy) is 3. The van der Waals surface area contributed by atoms with Gasteiger partial charge in [0.25, 0.3) is 5.91 Å². The number of nitrogens with one attached hydrogen (secondary N) is 3. The summed E-state index contributed by atoms with van der Waals surface area (Å²) in [5.41, 5.74) is 13.4. The number of methoxy groups -OCH3 is 1. The number of hydrogen-bond donors (Lipinski definition) is 6. The molecule has 0 bridgehead atoms. The van der Waals surface area contributed by atoms with Crippen LogP contribution in [0.15, 0.2) is 50.2 Å². The third kappa shape index (κ3) is 17.4. The molecule has 488 valence electrons. The molecular formula is C61H76N12O16S2. The number of amides is 8. The van der Waals surface area contributed by atoms with Crippen LogP contribution in [-0.4, -0.2) is 142 Å². The highest BCUT2D eigenvalue weighted by molar-refractivity contribution is 8.02. The van der Waals surface area contributed by atoms with Crippen molar-refractivity contribution in [3.05, 3.63) is 87.0 Å². The van der Waals surface area contributed by atoms with E-state index in [-0.39, 0.29) is 113 Å². The monoisotopic (exact) mass is 1300 g/mol. The second-order valence-corrected chi connectivity index (χ2v) is 24.6. The fourth-order valence-electron chi connectivity index (χ4n) is 10.5. The molecule has 1 saturated heterocycles. The van der Waals surface area contributed by atoms with Crippen molar-refractivity contribution in [1.29, 1.82) is 0 Å². The van der Waals surface area contributed by atoms with Crippen LogP contribution in [0.3, 0.4) is 0 Å². The maximum absolute atomic E-state index is 13.9. The van der Waals surface area contributed by atoms with Gasteiger partial charge in [0.15, 0.2) is 16.6 Å². The number of carbonyl (C=O) groups is 10. The van der Waals surface area contributed by atoms with Crippen LogP contribution in [0.4, 0.5) is 5.95 Å². The van der Waals surface area contributed by atoms with Crippen molar-refractivity contribution in [2.45, 2.75) is 161 Å². The Hall–Kier alpha value is -9.19. The van der Waals surface area contributed by atoms with Crippen molar-refractivity contribution in [2.75, 3.05) is 32.1 Å². The highest BCUT2D eigenvalue weighted by Crippen LogP contribution is 2.41. The first-order chi connectivity index (χ1) is 43.3. The van der Waals surface area contributed by atoms with Gasteiger partial charge in [0, 0.05) is 62.1 Å². The molecule has 1 aliphatic rings. The molecule has 8 amide bonds. The molecule has 0 aliphatic carbocycles. The third-order valence-corrected chi connectivity index (χ3v) is 17.3. The summed E-state index contributed by atoms with van der Waals surface area (Å²) in [7, 11) is 1.42. The molecule has 0 spiro atoms. The number of rotatable bonds is 33. The molecular weight excluding hydrogens is 1220 g/mol. The summed E-state index contributed by atoms with van der Waals surface area (Å²) in [5.74, 6) is -6.63. The first kappa shape index (κ1) is 69.3. The Balaban J connectivity index is 1.06. The van der Waals surface area contributed by atoms with Crippen LogP contribution in [-0.2, 0) is 59.4 Å². The van der Waals surface area contributed by atoms with Crippen LogP contribution in [0.1, 0.15) is 164 Å². The quantitative estimate of drug-likeness (QED) is 0.0119. The molecule has 5 heterocycles. The first-order valence-corrected chi connectivity index (χ1v) is 31.5. The second kappa shape index (κ2) is 31.0. The van der Waals surface area contributed by atoms with Crippen molar-refractivity contribution >= 4 is 109 Å². The molecule has 3 atom stereocenters. The van der Waals surface area contributed by atoms with Gasteiger partial charge in [-0.05, 0) is 69.7 Å². The number of nitrogens with two attached hydrogens (primary N) is 2. The number of primary amides is 2. The highest BCUT2D eigenvalue weighted by atomic mass is 32.2. The summed E-state index contributed by atoms with van der Waals surface area (Å²) in [4.78, 5) is 150. The lowest BCUT2D eigenvalue weighted by Gasteiger charge is -2.30. The number of fused-ring (bicyclic) bond motifs is 2. The van der Waals surface area contributed by atoms with E-state index in [2.05, 4.69) is 37.8 Å². The fourth-order valence-corrected chi connectivity index (χ4v) is 13.3. The zero-order valence-electron chi connectivity index (χ0n) is 52.2. The number of carboxylic acids is 1. The molecule has 1 aliphatic heterocycles. The number of aliphatic carboxylic acids is 1. The van der Waals surface area contributed by atoms with E-state index in [9.17, 15) is 53.1 Å². The van der Waals surface area contributed by atoms with Crippen LogP contribution in [0.2, 0.25) is 0 Å². The first-order valence-electron chi connectivity index (χ1n) is 29.8. The van der Waals surface area contributed by atoms with E-state index in [1.807, 2.05) is 27.7 Å². The van der Waals surface area contributed by atoms with Gasteiger partial charge in [-0.15, -0.1) is 11.8 Å². The number of carbonyl (C=O) groups excluding carboxylic acids is 9. The molecule has 28 nitrogen and oxygen atoms in total. The fraction of sp³-hybridized carbons (Fsp3) is 0.475. The van der Waals surface area contributed by atoms with Crippen LogP contribution in [0.25, 0.3) is 21.3 Å². The van der Waals surface area contributed by atoms with Crippen molar-refractivity contribution in [2.24, 2.45) is 16.5 Å². The van der Waals surface area contributed by atoms with Crippen molar-refractivity contribution in [3.8, 4) is 11.5 Å². The van der Waals surface area contributed by atoms with Gasteiger partial charge in [0.05, 0.1) is 47.1 Å². The minimum absolute atomic E-state index is 0.00327. The summed E-state index contributed by atoms with van der Waals surface area (Å²) in [6, 6.07) is 4.49. The number of carboxylic acid groups (broad SMARTS) is 1. The smallest absolute Gasteiger partial charge is 0.317 e. The Morgan fingerprint density at radius 3 is 2.12 bits per heavy atom. The minimum Gasteiger partial charge on any atom is -0.494 e. The number of esters is 1. The Labute approximate surface area is 531 Å². The van der Waals surface area contributed by atoms with E-state index in [0.29, 0.717) is 45.9 Å². The molecule has 2 aromatic carbocycles. The molecule has 1 unspecified atom stereocenters. The van der Waals surface area contributed by atoms with Crippen LogP contribution < -0.4 is 41.7 Å². The summed E-state index contributed by atoms with van der Waals surface area (Å²) in [6.07, 6.45) is 5.77. The molecule has 0 radical (unpaired) electrons. The van der Waals surface area contributed by atoms with E-state index in [1.54, 1.807) is 41.2 Å². The van der Waals surface area contributed by atoms with E-state index in [4.69, 9.17) is 39.5 Å². The maximum Gasteiger partial charge on any atom is 0.317 e. The molecule has 7 rings (SSSR count). The summed E-state index contributed by atoms with van der Waals surface area (Å²) >= 11 is 2.54. The number of imide groups is 1. The predicted molar refractivity (Wildman–Crippen MR) is 334 cm³/mol. The Morgan fingerprint density at radius 1 is 0.868 bits per heavy atom. The number of benzene rings is 2. The van der Waals surface area contributed by atoms with E-state index in [1.165, 1.54) is 44.0 Å². The van der Waals surface area contributed by atoms with Gasteiger partial charge in [-0.1, -0.05) is 70.9 Å². The number of aryl methyl sites for hydroxylation is 4. The van der Waals surface area contributed by atoms with Gasteiger partial charge in [0.1, 0.15) is 41.2 Å². The predicted octanol–water partition coefficient (Wildman–Crippen LogP) is 6.00. The molecule has 91 heavy (non-hydrogen) atoms. The number of hydrogen-bond acceptors (Lipinski definition) is 20. The van der Waals surface area contributed by atoms with Gasteiger partial charge >= 0.3 is 17.8 Å². The summed E-state index contributed by atoms with van der Waals surface area (Å²) < 4.78 is 32.5. The van der Waals surface area contributed by atoms with Crippen LogP contribution in [0.5, 0.6) is 11.5 Å². The van der Waals surface area contributed by atoms with E-state index >= 15 is 0 Å². The Bertz CT molecular complexity index is 3870. The van der Waals surface area contributed by atoms with Crippen molar-refractivity contribution in [3.63, 3.8) is 0 Å². The third-order valence-electron chi connectivity index (χ3n) is 14.6. The number of allylic oxidation sites excluding steroid dienone is 2. The van der Waals surface area contributed by atoms with Gasteiger partial charge < -0.3 is 59.4 Å². The number of anilines is 1. The molecule has 0 saturated carbocycles. The number of likely N-dealkylation sites (tertiary alicyclic amines) is 1. The van der Waals surface area contributed by atoms with Crippen LogP contribution >= 0.6 is 23.1 Å². The van der Waals surface area contributed by atoms with Gasteiger partial charge in [-0.25, -0.2) is 15.0 Å². The normalized spacial score (nSPS) is 14.3. The van der Waals surface area contributed by atoms with E-state index in [0.717, 1.165) is 41.9 Å². The minimum atomic E-state index is -1.38. The summed E-state index contributed by atoms with van der Waals surface area (Å²) in [6.45, 7) is 13.5. The summed E-state index contributed by atoms with van der Waals surface area (Å²) in [5, 5.41) is 16.6. The number of thioether (sulfide) groups is 1. The SMILES string of the molecule is CCCC(C)(CCC)SC1CC(=O)N(CC(=O)N[C@@H](CCC(=O)O)C(=O)NC[C@H](C)OC(=O)CCCOc2cc(C(N)=O)cc3nc(NC(=O)c4oc(C)nc4CC)n(C/C=C/Cn4/c(=N/C(=O)c5oc(C)nc5CC)sc5cc(C(N)=O)cc(OC)c54)c23)C1=O. The lowest BCUT2D eigenvalue weighted by molar-refractivity contribution is -0.149. The Kier molecular flexibility index (Phi) is 23.6. The largest absolute Gasteiger partial charge is 0.494 e. The average Bonchev–Trinajstić information content (AvgIpc) is 2.12. The molecule has 8 N–H and O–H groups in total. The maximum atomic E-state index is 13.9. The Morgan fingerprint density at radius 2 is 1.49 bits per heavy atom. The second-order valence-electron chi connectivity index (χ2n) is 21.8. The zero-order chi connectivity index (χ0) is 66.4. The van der Waals surface area contributed by atoms with Gasteiger partial charge in [-0.2, -0.15) is 4.99 Å². The van der Waals surface area contributed by atoms with Crippen LogP contribution in [0, 0.1) is 13.8 Å². The lowest BCUT2D eigenvalue weighted by atomic mass is 10.00. The topological polar surface area (TPSA) is 397 Å². The van der Waals surface area contributed by atoms with Gasteiger partial charge in [-0.3, -0.25) is 58.2 Å². The number of nitrogens with zero attached hydrogens (tertiary/aromatic N) is 7.